The molecule has 10 rings (SSSR count). The quantitative estimate of drug-likeness (QED) is 0.0491. The molecule has 0 atom stereocenters. The van der Waals surface area contributed by atoms with Crippen molar-refractivity contribution < 1.29 is 44.8 Å². The van der Waals surface area contributed by atoms with E-state index in [2.05, 4.69) is 194 Å². The molecule has 0 fully saturated rings. The monoisotopic (exact) mass is 1110 g/mol. The zero-order valence-corrected chi connectivity index (χ0v) is 39.6. The van der Waals surface area contributed by atoms with Crippen LogP contribution in [0, 0.1) is 24.7 Å². The van der Waals surface area contributed by atoms with Crippen molar-refractivity contribution in [2.45, 2.75) is 0 Å². The number of benzene rings is 10. The first-order valence-electron chi connectivity index (χ1n) is 20.3. The molecule has 0 heterocycles. The van der Waals surface area contributed by atoms with E-state index >= 15 is 0 Å². The standard InChI is InChI=1S/C26H24P2.2C16H9.Ag.Au/c1-5-13-23(14-6-1)27(24-15-7-2-8-16-24)21-22-28(25-17-9-3-10-18-25)26-19-11-4-12-20-26;2*1-2-12-8-5-9-15-10-13-6-3-4-7-14(13)11-16(12)15;;/h1-20H,21-22H2;2*3-11H;;/q;2*-1;2*+1/p+2. The third-order valence-electron chi connectivity index (χ3n) is 10.9. The van der Waals surface area contributed by atoms with Gasteiger partial charge in [-0.15, -0.1) is 23.3 Å². The Bertz CT molecular complexity index is 2780. The molecule has 0 saturated carbocycles. The first-order valence-corrected chi connectivity index (χ1v) is 23.7. The van der Waals surface area contributed by atoms with Crippen molar-refractivity contribution in [3.63, 3.8) is 0 Å². The first kappa shape index (κ1) is 46.2. The van der Waals surface area contributed by atoms with E-state index in [-0.39, 0.29) is 44.8 Å². The van der Waals surface area contributed by atoms with Crippen LogP contribution < -0.4 is 21.2 Å². The second kappa shape index (κ2) is 23.2. The summed E-state index contributed by atoms with van der Waals surface area (Å²) < 4.78 is 0. The van der Waals surface area contributed by atoms with Crippen LogP contribution in [0.5, 0.6) is 0 Å². The van der Waals surface area contributed by atoms with Crippen LogP contribution in [0.15, 0.2) is 231 Å². The molecule has 0 amide bonds. The van der Waals surface area contributed by atoms with E-state index in [9.17, 15) is 0 Å². The first-order chi connectivity index (χ1) is 29.7. The topological polar surface area (TPSA) is 0 Å². The molecule has 0 saturated heterocycles. The van der Waals surface area contributed by atoms with E-state index in [0.717, 1.165) is 32.7 Å². The van der Waals surface area contributed by atoms with Crippen LogP contribution >= 0.6 is 15.8 Å². The SMILES string of the molecule is [Ag+].[Au+].[C-]#Cc1cccc2cc3ccccc3cc12.[C-]#Cc1cccc2cc3ccccc3cc12.c1ccc([PH+](CC[PH+](c2ccccc2)c2ccccc2)c2ccccc2)cc1. The molecule has 0 bridgehead atoms. The van der Waals surface area contributed by atoms with Crippen molar-refractivity contribution in [1.82, 2.24) is 0 Å². The van der Waals surface area contributed by atoms with Crippen molar-refractivity contribution in [3.8, 4) is 11.8 Å². The fourth-order valence-corrected chi connectivity index (χ4v) is 14.1. The molecule has 62 heavy (non-hydrogen) atoms. The van der Waals surface area contributed by atoms with Crippen LogP contribution in [-0.2, 0) is 44.8 Å². The van der Waals surface area contributed by atoms with Gasteiger partial charge in [0.1, 0.15) is 12.3 Å². The fraction of sp³-hybridized carbons (Fsp3) is 0.0345. The summed E-state index contributed by atoms with van der Waals surface area (Å²) in [7, 11) is -1.57. The van der Waals surface area contributed by atoms with Gasteiger partial charge in [-0.2, -0.15) is 0 Å². The maximum Gasteiger partial charge on any atom is 1.00 e. The third-order valence-corrected chi connectivity index (χ3v) is 17.0. The van der Waals surface area contributed by atoms with Crippen LogP contribution in [0.25, 0.3) is 43.1 Å². The molecule has 10 aromatic rings. The van der Waals surface area contributed by atoms with Crippen LogP contribution in [0.1, 0.15) is 11.1 Å². The number of hydrogen-bond acceptors (Lipinski definition) is 0. The van der Waals surface area contributed by atoms with Crippen molar-refractivity contribution in [2.24, 2.45) is 0 Å². The second-order valence-corrected chi connectivity index (χ2v) is 19.8. The van der Waals surface area contributed by atoms with Gasteiger partial charge < -0.3 is 12.8 Å². The molecule has 0 aliphatic carbocycles. The van der Waals surface area contributed by atoms with E-state index in [4.69, 9.17) is 12.8 Å². The Kier molecular flexibility index (Phi) is 17.3. The Morgan fingerprint density at radius 1 is 0.306 bits per heavy atom. The molecule has 0 N–H and O–H groups in total. The summed E-state index contributed by atoms with van der Waals surface area (Å²) in [5.74, 6) is 4.97. The van der Waals surface area contributed by atoms with E-state index in [0.29, 0.717) is 0 Å². The van der Waals surface area contributed by atoms with Crippen molar-refractivity contribution in [3.05, 3.63) is 254 Å². The van der Waals surface area contributed by atoms with Gasteiger partial charge in [-0.3, -0.25) is 11.8 Å². The van der Waals surface area contributed by atoms with Crippen molar-refractivity contribution >= 4 is 80.2 Å². The van der Waals surface area contributed by atoms with Gasteiger partial charge in [0.2, 0.25) is 0 Å². The maximum absolute atomic E-state index is 7.28. The van der Waals surface area contributed by atoms with E-state index in [1.807, 2.05) is 48.5 Å². The smallest absolute Gasteiger partial charge is 0.366 e. The van der Waals surface area contributed by atoms with Crippen molar-refractivity contribution in [1.29, 1.82) is 0 Å². The zero-order valence-electron chi connectivity index (χ0n) is 34.0. The summed E-state index contributed by atoms with van der Waals surface area (Å²) in [4.78, 5) is 0. The second-order valence-electron chi connectivity index (χ2n) is 14.6. The van der Waals surface area contributed by atoms with Gasteiger partial charge in [-0.1, -0.05) is 168 Å². The molecule has 10 aromatic carbocycles. The average Bonchev–Trinajstić information content (AvgIpc) is 3.32. The molecule has 0 spiro atoms. The Morgan fingerprint density at radius 3 is 0.855 bits per heavy atom. The molecule has 0 radical (unpaired) electrons. The number of rotatable bonds is 7. The molecule has 0 unspecified atom stereocenters. The molecule has 0 aliphatic rings. The van der Waals surface area contributed by atoms with Gasteiger partial charge in [0.25, 0.3) is 0 Å². The average molecular weight is 1110 g/mol. The van der Waals surface area contributed by atoms with Gasteiger partial charge in [0, 0.05) is 0 Å². The summed E-state index contributed by atoms with van der Waals surface area (Å²) in [6.45, 7) is 0. The summed E-state index contributed by atoms with van der Waals surface area (Å²) in [6.07, 6.45) is 17.1. The van der Waals surface area contributed by atoms with Gasteiger partial charge in [-0.05, 0) is 93.0 Å². The Morgan fingerprint density at radius 2 is 0.565 bits per heavy atom. The van der Waals surface area contributed by atoms with Crippen LogP contribution in [-0.4, -0.2) is 12.3 Å². The van der Waals surface area contributed by atoms with Gasteiger partial charge in [0.05, 0.1) is 37.1 Å². The largest absolute Gasteiger partial charge is 1.00 e. The zero-order chi connectivity index (χ0) is 40.9. The van der Waals surface area contributed by atoms with Crippen LogP contribution in [0.2, 0.25) is 0 Å². The normalized spacial score (nSPS) is 10.4. The summed E-state index contributed by atoms with van der Waals surface area (Å²) in [5, 5.41) is 15.5. The molecule has 0 nitrogen and oxygen atoms in total. The summed E-state index contributed by atoms with van der Waals surface area (Å²) in [6, 6.07) is 81.5. The van der Waals surface area contributed by atoms with E-state index in [1.165, 1.54) is 55.1 Å². The molecule has 0 aliphatic heterocycles. The summed E-state index contributed by atoms with van der Waals surface area (Å²) >= 11 is 0. The molecule has 4 heteroatoms. The predicted octanol–water partition coefficient (Wildman–Crippen LogP) is 12.6. The molecular formula is C58H44AgAuP2+2. The third kappa shape index (κ3) is 11.4. The molecule has 306 valence electrons. The van der Waals surface area contributed by atoms with Crippen molar-refractivity contribution in [2.75, 3.05) is 12.3 Å². The molecular weight excluding hydrogens is 1060 g/mol. The summed E-state index contributed by atoms with van der Waals surface area (Å²) in [5.41, 5.74) is 1.70. The van der Waals surface area contributed by atoms with Gasteiger partial charge in [-0.25, -0.2) is 0 Å². The Balaban J connectivity index is 0.000000162. The number of fused-ring (bicyclic) bond motifs is 4. The van der Waals surface area contributed by atoms with Crippen LogP contribution in [0.3, 0.4) is 0 Å². The van der Waals surface area contributed by atoms with Gasteiger partial charge in [0.15, 0.2) is 0 Å². The Hall–Kier alpha value is -5.30. The minimum Gasteiger partial charge on any atom is -0.366 e. The minimum atomic E-state index is -0.783. The van der Waals surface area contributed by atoms with Gasteiger partial charge >= 0.3 is 44.8 Å². The minimum absolute atomic E-state index is 0. The fourth-order valence-electron chi connectivity index (χ4n) is 7.87. The van der Waals surface area contributed by atoms with Crippen LogP contribution in [0.4, 0.5) is 0 Å². The maximum atomic E-state index is 7.28. The number of hydrogen-bond donors (Lipinski definition) is 0. The predicted molar refractivity (Wildman–Crippen MR) is 266 cm³/mol. The molecule has 0 aromatic heterocycles. The van der Waals surface area contributed by atoms with E-state index in [1.54, 1.807) is 0 Å². The van der Waals surface area contributed by atoms with E-state index < -0.39 is 15.8 Å². The Labute approximate surface area is 400 Å².